The van der Waals surface area contributed by atoms with Gasteiger partial charge in [-0.05, 0) is 56.7 Å². The van der Waals surface area contributed by atoms with Crippen LogP contribution in [0, 0.1) is 19.7 Å². The van der Waals surface area contributed by atoms with E-state index in [1.54, 1.807) is 18.3 Å². The van der Waals surface area contributed by atoms with E-state index in [-0.39, 0.29) is 29.8 Å². The Bertz CT molecular complexity index is 1020. The fraction of sp³-hybridized carbons (Fsp3) is 0.318. The molecule has 0 saturated heterocycles. The van der Waals surface area contributed by atoms with Gasteiger partial charge in [0.2, 0.25) is 5.88 Å². The molecule has 0 atom stereocenters. The number of aromatic nitrogens is 3. The molecule has 7 nitrogen and oxygen atoms in total. The van der Waals surface area contributed by atoms with Gasteiger partial charge in [0, 0.05) is 43.7 Å². The van der Waals surface area contributed by atoms with Crippen molar-refractivity contribution in [3.63, 3.8) is 0 Å². The first-order chi connectivity index (χ1) is 14.5. The second-order valence-corrected chi connectivity index (χ2v) is 6.88. The second-order valence-electron chi connectivity index (χ2n) is 6.88. The fourth-order valence-corrected chi connectivity index (χ4v) is 2.99. The van der Waals surface area contributed by atoms with E-state index >= 15 is 0 Å². The molecule has 0 bridgehead atoms. The fourth-order valence-electron chi connectivity index (χ4n) is 2.99. The first kappa shape index (κ1) is 24.6. The maximum Gasteiger partial charge on any atom is 0.219 e. The SMILES string of the molecule is CCNC(=NCc1ccnc(Oc2ccc(F)cc2)c1)NCc1c(C)nn(C)c1C.I. The normalized spacial score (nSPS) is 11.1. The van der Waals surface area contributed by atoms with Gasteiger partial charge in [-0.3, -0.25) is 4.68 Å². The topological polar surface area (TPSA) is 76.4 Å². The number of pyridine rings is 1. The summed E-state index contributed by atoms with van der Waals surface area (Å²) in [5, 5.41) is 11.1. The summed E-state index contributed by atoms with van der Waals surface area (Å²) < 4.78 is 20.6. The lowest BCUT2D eigenvalue weighted by Gasteiger charge is -2.12. The summed E-state index contributed by atoms with van der Waals surface area (Å²) in [7, 11) is 1.94. The first-order valence-electron chi connectivity index (χ1n) is 9.86. The Labute approximate surface area is 199 Å². The van der Waals surface area contributed by atoms with E-state index in [0.29, 0.717) is 24.7 Å². The lowest BCUT2D eigenvalue weighted by molar-refractivity contribution is 0.460. The maximum atomic E-state index is 13.0. The number of hydrogen-bond acceptors (Lipinski definition) is 4. The van der Waals surface area contributed by atoms with E-state index in [2.05, 4.69) is 32.6 Å². The molecule has 0 aliphatic carbocycles. The Morgan fingerprint density at radius 2 is 1.90 bits per heavy atom. The predicted octanol–water partition coefficient (Wildman–Crippen LogP) is 4.24. The molecule has 3 rings (SSSR count). The Morgan fingerprint density at radius 3 is 2.55 bits per heavy atom. The van der Waals surface area contributed by atoms with Crippen LogP contribution < -0.4 is 15.4 Å². The molecule has 2 N–H and O–H groups in total. The summed E-state index contributed by atoms with van der Waals surface area (Å²) in [6.07, 6.45) is 1.67. The van der Waals surface area contributed by atoms with E-state index in [1.807, 2.05) is 37.7 Å². The third kappa shape index (κ3) is 6.91. The third-order valence-corrected chi connectivity index (χ3v) is 4.69. The Balaban J connectivity index is 0.00000341. The van der Waals surface area contributed by atoms with Crippen LogP contribution in [0.4, 0.5) is 4.39 Å². The van der Waals surface area contributed by atoms with Crippen LogP contribution >= 0.6 is 24.0 Å². The number of nitrogens with one attached hydrogen (secondary N) is 2. The number of hydrogen-bond donors (Lipinski definition) is 2. The molecule has 31 heavy (non-hydrogen) atoms. The molecule has 0 aliphatic heterocycles. The number of ether oxygens (including phenoxy) is 1. The predicted molar refractivity (Wildman–Crippen MR) is 130 cm³/mol. The van der Waals surface area contributed by atoms with Gasteiger partial charge in [-0.25, -0.2) is 14.4 Å². The van der Waals surface area contributed by atoms with Gasteiger partial charge in [0.15, 0.2) is 5.96 Å². The zero-order valence-corrected chi connectivity index (χ0v) is 20.5. The van der Waals surface area contributed by atoms with Gasteiger partial charge in [0.25, 0.3) is 0 Å². The van der Waals surface area contributed by atoms with Crippen LogP contribution in [-0.4, -0.2) is 27.3 Å². The van der Waals surface area contributed by atoms with Crippen molar-refractivity contribution in [2.75, 3.05) is 6.54 Å². The first-order valence-corrected chi connectivity index (χ1v) is 9.86. The standard InChI is InChI=1S/C22H27FN6O.HI/c1-5-24-22(27-14-20-15(2)28-29(4)16(20)3)26-13-17-10-11-25-21(12-17)30-19-8-6-18(23)7-9-19;/h6-12H,5,13-14H2,1-4H3,(H2,24,26,27);1H. The highest BCUT2D eigenvalue weighted by Crippen LogP contribution is 2.20. The van der Waals surface area contributed by atoms with Crippen molar-refractivity contribution in [3.05, 3.63) is 70.9 Å². The van der Waals surface area contributed by atoms with Crippen LogP contribution in [0.3, 0.4) is 0 Å². The molecule has 0 radical (unpaired) electrons. The van der Waals surface area contributed by atoms with Crippen molar-refractivity contribution in [2.24, 2.45) is 12.0 Å². The minimum Gasteiger partial charge on any atom is -0.439 e. The summed E-state index contributed by atoms with van der Waals surface area (Å²) in [5.74, 6) is 1.38. The Hall–Kier alpha value is -2.69. The van der Waals surface area contributed by atoms with Crippen LogP contribution in [-0.2, 0) is 20.1 Å². The van der Waals surface area contributed by atoms with Gasteiger partial charge < -0.3 is 15.4 Å². The summed E-state index contributed by atoms with van der Waals surface area (Å²) in [6, 6.07) is 9.55. The maximum absolute atomic E-state index is 13.0. The number of aryl methyl sites for hydroxylation is 2. The zero-order valence-electron chi connectivity index (χ0n) is 18.1. The molecule has 0 fully saturated rings. The van der Waals surface area contributed by atoms with Gasteiger partial charge >= 0.3 is 0 Å². The highest BCUT2D eigenvalue weighted by atomic mass is 127. The molecule has 0 aliphatic rings. The summed E-state index contributed by atoms with van der Waals surface area (Å²) in [6.45, 7) is 7.95. The van der Waals surface area contributed by atoms with Gasteiger partial charge in [-0.2, -0.15) is 5.10 Å². The van der Waals surface area contributed by atoms with Gasteiger partial charge in [-0.1, -0.05) is 0 Å². The molecule has 2 heterocycles. The number of halogens is 2. The van der Waals surface area contributed by atoms with Crippen molar-refractivity contribution in [1.29, 1.82) is 0 Å². The van der Waals surface area contributed by atoms with Gasteiger partial charge in [-0.15, -0.1) is 24.0 Å². The largest absolute Gasteiger partial charge is 0.439 e. The average Bonchev–Trinajstić information content (AvgIpc) is 2.97. The Kier molecular flexibility index (Phi) is 9.22. The highest BCUT2D eigenvalue weighted by molar-refractivity contribution is 14.0. The molecule has 9 heteroatoms. The molecule has 0 saturated carbocycles. The molecule has 1 aromatic carbocycles. The Morgan fingerprint density at radius 1 is 1.16 bits per heavy atom. The third-order valence-electron chi connectivity index (χ3n) is 4.69. The number of guanidine groups is 1. The minimum atomic E-state index is -0.307. The molecule has 3 aromatic rings. The summed E-state index contributed by atoms with van der Waals surface area (Å²) >= 11 is 0. The number of nitrogens with zero attached hydrogens (tertiary/aromatic N) is 4. The zero-order chi connectivity index (χ0) is 21.5. The van der Waals surface area contributed by atoms with Gasteiger partial charge in [0.1, 0.15) is 11.6 Å². The van der Waals surface area contributed by atoms with Crippen molar-refractivity contribution in [3.8, 4) is 11.6 Å². The van der Waals surface area contributed by atoms with Gasteiger partial charge in [0.05, 0.1) is 12.2 Å². The molecular formula is C22H28FIN6O. The van der Waals surface area contributed by atoms with E-state index in [9.17, 15) is 4.39 Å². The lowest BCUT2D eigenvalue weighted by atomic mass is 10.2. The lowest BCUT2D eigenvalue weighted by Crippen LogP contribution is -2.37. The van der Waals surface area contributed by atoms with Crippen LogP contribution in [0.1, 0.15) is 29.4 Å². The van der Waals surface area contributed by atoms with E-state index in [4.69, 9.17) is 4.74 Å². The minimum absolute atomic E-state index is 0. The smallest absolute Gasteiger partial charge is 0.219 e. The summed E-state index contributed by atoms with van der Waals surface area (Å²) in [4.78, 5) is 8.87. The van der Waals surface area contributed by atoms with Crippen LogP contribution in [0.5, 0.6) is 11.6 Å². The van der Waals surface area contributed by atoms with Crippen molar-refractivity contribution < 1.29 is 9.13 Å². The quantitative estimate of drug-likeness (QED) is 0.268. The molecule has 166 valence electrons. The molecule has 0 amide bonds. The number of benzene rings is 1. The van der Waals surface area contributed by atoms with E-state index in [0.717, 1.165) is 29.5 Å². The monoisotopic (exact) mass is 538 g/mol. The van der Waals surface area contributed by atoms with Crippen LogP contribution in [0.2, 0.25) is 0 Å². The average molecular weight is 538 g/mol. The van der Waals surface area contributed by atoms with Crippen molar-refractivity contribution in [2.45, 2.75) is 33.9 Å². The number of aliphatic imine (C=N–C) groups is 1. The highest BCUT2D eigenvalue weighted by Gasteiger charge is 2.10. The molecule has 2 aromatic heterocycles. The number of rotatable bonds is 7. The second kappa shape index (κ2) is 11.6. The molecular weight excluding hydrogens is 510 g/mol. The van der Waals surface area contributed by atoms with E-state index < -0.39 is 0 Å². The molecule has 0 spiro atoms. The van der Waals surface area contributed by atoms with E-state index in [1.165, 1.54) is 17.7 Å². The van der Waals surface area contributed by atoms with Crippen molar-refractivity contribution >= 4 is 29.9 Å². The van der Waals surface area contributed by atoms with Crippen molar-refractivity contribution in [1.82, 2.24) is 25.4 Å². The molecule has 0 unspecified atom stereocenters. The summed E-state index contributed by atoms with van der Waals surface area (Å²) in [5.41, 5.74) is 4.26. The van der Waals surface area contributed by atoms with Crippen LogP contribution in [0.25, 0.3) is 0 Å². The van der Waals surface area contributed by atoms with Crippen LogP contribution in [0.15, 0.2) is 47.6 Å².